The molecule has 0 aliphatic heterocycles. The Morgan fingerprint density at radius 3 is 1.22 bits per heavy atom. The van der Waals surface area contributed by atoms with Crippen LogP contribution in [-0.2, 0) is 32.3 Å². The zero-order chi connectivity index (χ0) is 26.8. The Balaban J connectivity index is 0.000000360. The van der Waals surface area contributed by atoms with E-state index in [1.165, 1.54) is 0 Å². The van der Waals surface area contributed by atoms with Gasteiger partial charge in [0.2, 0.25) is 0 Å². The van der Waals surface area contributed by atoms with Crippen molar-refractivity contribution in [3.05, 3.63) is 71.8 Å². The van der Waals surface area contributed by atoms with E-state index in [1.807, 2.05) is 60.7 Å². The SMILES string of the molecule is CC[C@H](CC(=O)OCc1ccccc1)CC(C)C.CC[C@H](CC(=O)OCc1ccccc1)CC(C)C. The lowest BCUT2D eigenvalue weighted by Gasteiger charge is -2.16. The molecule has 0 aliphatic rings. The summed E-state index contributed by atoms with van der Waals surface area (Å²) < 4.78 is 10.6. The van der Waals surface area contributed by atoms with Crippen molar-refractivity contribution < 1.29 is 19.1 Å². The summed E-state index contributed by atoms with van der Waals surface area (Å²) in [5, 5.41) is 0. The number of ether oxygens (including phenoxy) is 2. The van der Waals surface area contributed by atoms with Crippen LogP contribution in [-0.4, -0.2) is 11.9 Å². The molecule has 0 bridgehead atoms. The van der Waals surface area contributed by atoms with E-state index in [1.54, 1.807) is 0 Å². The van der Waals surface area contributed by atoms with Gasteiger partial charge in [0.1, 0.15) is 13.2 Å². The van der Waals surface area contributed by atoms with E-state index in [0.717, 1.165) is 36.8 Å². The molecule has 0 spiro atoms. The lowest BCUT2D eigenvalue weighted by atomic mass is 9.92. The molecule has 200 valence electrons. The van der Waals surface area contributed by atoms with Crippen LogP contribution in [0.25, 0.3) is 0 Å². The third-order valence-electron chi connectivity index (χ3n) is 6.16. The summed E-state index contributed by atoms with van der Waals surface area (Å²) in [5.74, 6) is 2.02. The molecule has 2 aromatic rings. The zero-order valence-electron chi connectivity index (χ0n) is 23.4. The van der Waals surface area contributed by atoms with Gasteiger partial charge < -0.3 is 9.47 Å². The van der Waals surface area contributed by atoms with Gasteiger partial charge in [0.05, 0.1) is 0 Å². The van der Waals surface area contributed by atoms with Crippen molar-refractivity contribution in [1.82, 2.24) is 0 Å². The number of carbonyl (C=O) groups is 2. The Morgan fingerprint density at radius 1 is 0.611 bits per heavy atom. The summed E-state index contributed by atoms with van der Waals surface area (Å²) in [4.78, 5) is 23.5. The first-order chi connectivity index (χ1) is 17.2. The lowest BCUT2D eigenvalue weighted by Crippen LogP contribution is -2.13. The fourth-order valence-corrected chi connectivity index (χ4v) is 4.19. The van der Waals surface area contributed by atoms with Crippen LogP contribution in [0.5, 0.6) is 0 Å². The summed E-state index contributed by atoms with van der Waals surface area (Å²) in [7, 11) is 0. The average molecular weight is 497 g/mol. The maximum absolute atomic E-state index is 11.7. The quantitative estimate of drug-likeness (QED) is 0.246. The fraction of sp³-hybridized carbons (Fsp3) is 0.562. The van der Waals surface area contributed by atoms with Gasteiger partial charge in [-0.05, 0) is 47.6 Å². The smallest absolute Gasteiger partial charge is 0.306 e. The van der Waals surface area contributed by atoms with Crippen molar-refractivity contribution in [1.29, 1.82) is 0 Å². The summed E-state index contributed by atoms with van der Waals surface area (Å²) in [6.45, 7) is 13.8. The number of carbonyl (C=O) groups excluding carboxylic acids is 2. The molecule has 0 aromatic heterocycles. The van der Waals surface area contributed by atoms with Crippen molar-refractivity contribution in [2.24, 2.45) is 23.7 Å². The maximum Gasteiger partial charge on any atom is 0.306 e. The summed E-state index contributed by atoms with van der Waals surface area (Å²) in [5.41, 5.74) is 2.09. The predicted octanol–water partition coefficient (Wildman–Crippen LogP) is 8.38. The monoisotopic (exact) mass is 496 g/mol. The second-order valence-electron chi connectivity index (χ2n) is 10.5. The van der Waals surface area contributed by atoms with Crippen LogP contribution in [0.3, 0.4) is 0 Å². The molecule has 36 heavy (non-hydrogen) atoms. The molecule has 0 saturated carbocycles. The Kier molecular flexibility index (Phi) is 16.2. The lowest BCUT2D eigenvalue weighted by molar-refractivity contribution is -0.147. The molecule has 2 rings (SSSR count). The van der Waals surface area contributed by atoms with Crippen molar-refractivity contribution >= 4 is 11.9 Å². The molecule has 0 amide bonds. The van der Waals surface area contributed by atoms with Gasteiger partial charge in [0, 0.05) is 12.8 Å². The minimum atomic E-state index is -0.0775. The van der Waals surface area contributed by atoms with Crippen LogP contribution in [0, 0.1) is 23.7 Å². The van der Waals surface area contributed by atoms with Crippen molar-refractivity contribution in [2.75, 3.05) is 0 Å². The Bertz CT molecular complexity index is 758. The van der Waals surface area contributed by atoms with E-state index >= 15 is 0 Å². The molecule has 0 N–H and O–H groups in total. The second-order valence-corrected chi connectivity index (χ2v) is 10.5. The zero-order valence-corrected chi connectivity index (χ0v) is 23.4. The van der Waals surface area contributed by atoms with Gasteiger partial charge >= 0.3 is 11.9 Å². The first-order valence-corrected chi connectivity index (χ1v) is 13.6. The van der Waals surface area contributed by atoms with Crippen molar-refractivity contribution in [3.8, 4) is 0 Å². The first-order valence-electron chi connectivity index (χ1n) is 13.6. The van der Waals surface area contributed by atoms with E-state index in [-0.39, 0.29) is 11.9 Å². The van der Waals surface area contributed by atoms with Crippen molar-refractivity contribution in [3.63, 3.8) is 0 Å². The molecule has 2 aromatic carbocycles. The summed E-state index contributed by atoms with van der Waals surface area (Å²) in [6.07, 6.45) is 5.36. The second kappa shape index (κ2) is 18.6. The highest BCUT2D eigenvalue weighted by Gasteiger charge is 2.15. The van der Waals surface area contributed by atoms with Gasteiger partial charge in [-0.25, -0.2) is 0 Å². The van der Waals surface area contributed by atoms with Gasteiger partial charge in [-0.2, -0.15) is 0 Å². The van der Waals surface area contributed by atoms with E-state index in [4.69, 9.17) is 9.47 Å². The molecule has 0 heterocycles. The standard InChI is InChI=1S/2C16H24O2/c2*1-4-14(10-13(2)3)11-16(17)18-12-15-8-6-5-7-9-15/h2*5-9,13-14H,4,10-12H2,1-3H3/t2*14-/m00/s1. The summed E-state index contributed by atoms with van der Waals surface area (Å²) >= 11 is 0. The Morgan fingerprint density at radius 2 is 0.944 bits per heavy atom. The minimum absolute atomic E-state index is 0.0775. The van der Waals surface area contributed by atoms with Gasteiger partial charge in [0.15, 0.2) is 0 Å². The first kappa shape index (κ1) is 31.4. The third kappa shape index (κ3) is 15.4. The van der Waals surface area contributed by atoms with Gasteiger partial charge in [-0.15, -0.1) is 0 Å². The normalized spacial score (nSPS) is 12.4. The molecular weight excluding hydrogens is 448 g/mol. The Hall–Kier alpha value is -2.62. The van der Waals surface area contributed by atoms with Gasteiger partial charge in [0.25, 0.3) is 0 Å². The van der Waals surface area contributed by atoms with Crippen LogP contribution >= 0.6 is 0 Å². The molecule has 0 radical (unpaired) electrons. The molecule has 4 heteroatoms. The number of hydrogen-bond acceptors (Lipinski definition) is 4. The molecule has 0 aliphatic carbocycles. The molecule has 0 saturated heterocycles. The molecule has 2 atom stereocenters. The van der Waals surface area contributed by atoms with E-state index in [2.05, 4.69) is 41.5 Å². The topological polar surface area (TPSA) is 52.6 Å². The average Bonchev–Trinajstić information content (AvgIpc) is 2.86. The molecule has 0 unspecified atom stereocenters. The van der Waals surface area contributed by atoms with Crippen LogP contribution < -0.4 is 0 Å². The summed E-state index contributed by atoms with van der Waals surface area (Å²) in [6, 6.07) is 19.6. The van der Waals surface area contributed by atoms with E-state index < -0.39 is 0 Å². The Labute approximate surface area is 219 Å². The van der Waals surface area contributed by atoms with Crippen molar-refractivity contribution in [2.45, 2.75) is 93.3 Å². The number of hydrogen-bond donors (Lipinski definition) is 0. The predicted molar refractivity (Wildman–Crippen MR) is 148 cm³/mol. The highest BCUT2D eigenvalue weighted by molar-refractivity contribution is 5.70. The molecule has 0 fully saturated rings. The van der Waals surface area contributed by atoms with Crippen LogP contribution in [0.1, 0.15) is 91.2 Å². The van der Waals surface area contributed by atoms with Gasteiger partial charge in [-0.1, -0.05) is 115 Å². The van der Waals surface area contributed by atoms with Crippen LogP contribution in [0.15, 0.2) is 60.7 Å². The van der Waals surface area contributed by atoms with Crippen LogP contribution in [0.2, 0.25) is 0 Å². The maximum atomic E-state index is 11.7. The highest BCUT2D eigenvalue weighted by atomic mass is 16.5. The van der Waals surface area contributed by atoms with Gasteiger partial charge in [-0.3, -0.25) is 9.59 Å². The molecular formula is C32H48O4. The van der Waals surface area contributed by atoms with E-state index in [9.17, 15) is 9.59 Å². The number of benzene rings is 2. The highest BCUT2D eigenvalue weighted by Crippen LogP contribution is 2.20. The number of rotatable bonds is 14. The number of esters is 2. The molecule has 4 nitrogen and oxygen atoms in total. The largest absolute Gasteiger partial charge is 0.461 e. The van der Waals surface area contributed by atoms with Crippen LogP contribution in [0.4, 0.5) is 0 Å². The van der Waals surface area contributed by atoms with E-state index in [0.29, 0.717) is 49.7 Å². The third-order valence-corrected chi connectivity index (χ3v) is 6.16. The minimum Gasteiger partial charge on any atom is -0.461 e. The fourth-order valence-electron chi connectivity index (χ4n) is 4.19.